The lowest BCUT2D eigenvalue weighted by atomic mass is 10.0. The van der Waals surface area contributed by atoms with Gasteiger partial charge in [-0.15, -0.1) is 0 Å². The zero-order valence-corrected chi connectivity index (χ0v) is 13.3. The van der Waals surface area contributed by atoms with Gasteiger partial charge >= 0.3 is 5.97 Å². The number of carbonyl (C=O) groups is 2. The second-order valence-corrected chi connectivity index (χ2v) is 5.39. The summed E-state index contributed by atoms with van der Waals surface area (Å²) in [5.74, 6) is -0.168. The summed E-state index contributed by atoms with van der Waals surface area (Å²) in [6.07, 6.45) is -0.964. The van der Waals surface area contributed by atoms with E-state index in [9.17, 15) is 9.59 Å². The van der Waals surface area contributed by atoms with Gasteiger partial charge in [-0.3, -0.25) is 4.79 Å². The molecule has 0 aliphatic rings. The highest BCUT2D eigenvalue weighted by Crippen LogP contribution is 2.20. The Balaban J connectivity index is 1.72. The molecular formula is C18H16N2O4. The summed E-state index contributed by atoms with van der Waals surface area (Å²) in [6.45, 7) is 3.22. The van der Waals surface area contributed by atoms with E-state index in [1.54, 1.807) is 25.1 Å². The van der Waals surface area contributed by atoms with Crippen molar-refractivity contribution in [3.8, 4) is 0 Å². The number of hydrogen-bond donors (Lipinski definition) is 1. The topological polar surface area (TPSA) is 81.4 Å². The molecule has 24 heavy (non-hydrogen) atoms. The number of ether oxygens (including phenoxy) is 1. The number of carbonyl (C=O) groups excluding carboxylic acids is 2. The first-order chi connectivity index (χ1) is 11.5. The number of anilines is 1. The van der Waals surface area contributed by atoms with E-state index in [4.69, 9.17) is 9.26 Å². The zero-order chi connectivity index (χ0) is 17.1. The molecule has 0 fully saturated rings. The average molecular weight is 324 g/mol. The Morgan fingerprint density at radius 1 is 1.17 bits per heavy atom. The number of hydrogen-bond acceptors (Lipinski definition) is 5. The summed E-state index contributed by atoms with van der Waals surface area (Å²) in [5.41, 5.74) is 0.421. The summed E-state index contributed by atoms with van der Waals surface area (Å²) in [4.78, 5) is 24.5. The van der Waals surface area contributed by atoms with Gasteiger partial charge in [0.2, 0.25) is 0 Å². The van der Waals surface area contributed by atoms with Crippen LogP contribution in [0.1, 0.15) is 23.0 Å². The molecule has 0 spiro atoms. The van der Waals surface area contributed by atoms with Gasteiger partial charge in [-0.05, 0) is 30.7 Å². The Bertz CT molecular complexity index is 895. The van der Waals surface area contributed by atoms with Crippen molar-refractivity contribution in [2.45, 2.75) is 20.0 Å². The highest BCUT2D eigenvalue weighted by molar-refractivity contribution is 6.05. The zero-order valence-electron chi connectivity index (χ0n) is 13.3. The minimum Gasteiger partial charge on any atom is -0.449 e. The van der Waals surface area contributed by atoms with E-state index in [-0.39, 0.29) is 5.82 Å². The minimum atomic E-state index is -0.964. The van der Waals surface area contributed by atoms with Gasteiger partial charge in [-0.25, -0.2) is 4.79 Å². The molecule has 122 valence electrons. The van der Waals surface area contributed by atoms with Crippen LogP contribution in [0.25, 0.3) is 10.8 Å². The molecule has 1 N–H and O–H groups in total. The average Bonchev–Trinajstić information content (AvgIpc) is 2.99. The first kappa shape index (κ1) is 15.7. The maximum absolute atomic E-state index is 12.4. The van der Waals surface area contributed by atoms with Crippen molar-refractivity contribution in [3.63, 3.8) is 0 Å². The monoisotopic (exact) mass is 324 g/mol. The first-order valence-electron chi connectivity index (χ1n) is 7.47. The van der Waals surface area contributed by atoms with Gasteiger partial charge in [-0.1, -0.05) is 41.6 Å². The van der Waals surface area contributed by atoms with Crippen molar-refractivity contribution in [2.75, 3.05) is 5.32 Å². The van der Waals surface area contributed by atoms with Crippen LogP contribution in [0.2, 0.25) is 0 Å². The largest absolute Gasteiger partial charge is 0.449 e. The number of nitrogens with one attached hydrogen (secondary N) is 1. The van der Waals surface area contributed by atoms with E-state index in [2.05, 4.69) is 10.5 Å². The molecule has 0 bridgehead atoms. The van der Waals surface area contributed by atoms with E-state index in [0.717, 1.165) is 10.8 Å². The number of aromatic nitrogens is 1. The molecular weight excluding hydrogens is 308 g/mol. The maximum atomic E-state index is 12.4. The molecule has 1 heterocycles. The SMILES string of the molecule is Cc1cc(NC(=O)[C@@H](C)OC(=O)c2cccc3ccccc23)no1. The van der Waals surface area contributed by atoms with Gasteiger partial charge in [0.15, 0.2) is 11.9 Å². The Hall–Kier alpha value is -3.15. The summed E-state index contributed by atoms with van der Waals surface area (Å²) in [5, 5.41) is 7.92. The van der Waals surface area contributed by atoms with Crippen molar-refractivity contribution in [2.24, 2.45) is 0 Å². The predicted molar refractivity (Wildman–Crippen MR) is 88.7 cm³/mol. The highest BCUT2D eigenvalue weighted by atomic mass is 16.5. The molecule has 0 saturated carbocycles. The van der Waals surface area contributed by atoms with Crippen LogP contribution in [0.4, 0.5) is 5.82 Å². The molecule has 0 aliphatic carbocycles. The third-order valence-corrected chi connectivity index (χ3v) is 3.54. The van der Waals surface area contributed by atoms with Crippen molar-refractivity contribution in [3.05, 3.63) is 59.9 Å². The number of amides is 1. The quantitative estimate of drug-likeness (QED) is 0.745. The normalized spacial score (nSPS) is 11.9. The van der Waals surface area contributed by atoms with Gasteiger partial charge in [0.05, 0.1) is 5.56 Å². The summed E-state index contributed by atoms with van der Waals surface area (Å²) in [6, 6.07) is 14.4. The molecule has 0 radical (unpaired) electrons. The molecule has 6 nitrogen and oxygen atoms in total. The van der Waals surface area contributed by atoms with Crippen molar-refractivity contribution < 1.29 is 18.8 Å². The second kappa shape index (κ2) is 6.54. The summed E-state index contributed by atoms with van der Waals surface area (Å²) in [7, 11) is 0. The highest BCUT2D eigenvalue weighted by Gasteiger charge is 2.21. The first-order valence-corrected chi connectivity index (χ1v) is 7.47. The Kier molecular flexibility index (Phi) is 4.29. The Labute approximate surface area is 138 Å². The van der Waals surface area contributed by atoms with Crippen molar-refractivity contribution >= 4 is 28.5 Å². The molecule has 1 atom stereocenters. The van der Waals surface area contributed by atoms with Crippen LogP contribution in [0.5, 0.6) is 0 Å². The fourth-order valence-corrected chi connectivity index (χ4v) is 2.33. The molecule has 0 unspecified atom stereocenters. The van der Waals surface area contributed by atoms with Crippen molar-refractivity contribution in [1.29, 1.82) is 0 Å². The van der Waals surface area contributed by atoms with Crippen LogP contribution in [0.15, 0.2) is 53.1 Å². The molecule has 0 aliphatic heterocycles. The standard InChI is InChI=1S/C18H16N2O4/c1-11-10-16(20-24-11)19-17(21)12(2)23-18(22)15-9-5-7-13-6-3-4-8-14(13)15/h3-10,12H,1-2H3,(H,19,20,21)/t12-/m1/s1. The van der Waals surface area contributed by atoms with E-state index < -0.39 is 18.0 Å². The third-order valence-electron chi connectivity index (χ3n) is 3.54. The van der Waals surface area contributed by atoms with Crippen LogP contribution in [0.3, 0.4) is 0 Å². The lowest BCUT2D eigenvalue weighted by Crippen LogP contribution is -2.30. The molecule has 3 rings (SSSR count). The number of rotatable bonds is 4. The van der Waals surface area contributed by atoms with Gasteiger partial charge in [0.25, 0.3) is 5.91 Å². The van der Waals surface area contributed by atoms with Gasteiger partial charge in [0.1, 0.15) is 5.76 Å². The number of nitrogens with zero attached hydrogens (tertiary/aromatic N) is 1. The van der Waals surface area contributed by atoms with E-state index in [1.807, 2.05) is 30.3 Å². The van der Waals surface area contributed by atoms with Gasteiger partial charge < -0.3 is 14.6 Å². The van der Waals surface area contributed by atoms with E-state index in [0.29, 0.717) is 11.3 Å². The minimum absolute atomic E-state index is 0.283. The second-order valence-electron chi connectivity index (χ2n) is 5.39. The van der Waals surface area contributed by atoms with Crippen LogP contribution >= 0.6 is 0 Å². The molecule has 1 amide bonds. The van der Waals surface area contributed by atoms with Crippen LogP contribution < -0.4 is 5.32 Å². The predicted octanol–water partition coefficient (Wildman–Crippen LogP) is 3.32. The van der Waals surface area contributed by atoms with E-state index in [1.165, 1.54) is 6.92 Å². The van der Waals surface area contributed by atoms with Crippen LogP contribution in [-0.4, -0.2) is 23.1 Å². The number of aryl methyl sites for hydroxylation is 1. The smallest absolute Gasteiger partial charge is 0.339 e. The summed E-state index contributed by atoms with van der Waals surface area (Å²) < 4.78 is 10.1. The molecule has 2 aromatic carbocycles. The molecule has 1 aromatic heterocycles. The number of fused-ring (bicyclic) bond motifs is 1. The Morgan fingerprint density at radius 2 is 1.92 bits per heavy atom. The molecule has 3 aromatic rings. The van der Waals surface area contributed by atoms with E-state index >= 15 is 0 Å². The fourth-order valence-electron chi connectivity index (χ4n) is 2.33. The molecule has 6 heteroatoms. The maximum Gasteiger partial charge on any atom is 0.339 e. The Morgan fingerprint density at radius 3 is 2.67 bits per heavy atom. The summed E-state index contributed by atoms with van der Waals surface area (Å²) >= 11 is 0. The number of benzene rings is 2. The van der Waals surface area contributed by atoms with Crippen LogP contribution in [0, 0.1) is 6.92 Å². The van der Waals surface area contributed by atoms with Gasteiger partial charge in [-0.2, -0.15) is 0 Å². The van der Waals surface area contributed by atoms with Crippen LogP contribution in [-0.2, 0) is 9.53 Å². The van der Waals surface area contributed by atoms with Crippen molar-refractivity contribution in [1.82, 2.24) is 5.16 Å². The fraction of sp³-hybridized carbons (Fsp3) is 0.167. The molecule has 0 saturated heterocycles. The lowest BCUT2D eigenvalue weighted by molar-refractivity contribution is -0.123. The third kappa shape index (κ3) is 3.27. The number of esters is 1. The lowest BCUT2D eigenvalue weighted by Gasteiger charge is -2.13. The van der Waals surface area contributed by atoms with Gasteiger partial charge in [0, 0.05) is 6.07 Å².